The molecular formula is C7H12N2S. The van der Waals surface area contributed by atoms with Gasteiger partial charge in [0.05, 0.1) is 5.84 Å². The molecule has 1 aliphatic heterocycles. The first-order chi connectivity index (χ1) is 4.74. The monoisotopic (exact) mass is 156 g/mol. The van der Waals surface area contributed by atoms with Crippen LogP contribution >= 0.6 is 12.6 Å². The summed E-state index contributed by atoms with van der Waals surface area (Å²) in [6.45, 7) is 2.98. The van der Waals surface area contributed by atoms with Crippen LogP contribution in [0.1, 0.15) is 13.3 Å². The van der Waals surface area contributed by atoms with Crippen LogP contribution in [-0.2, 0) is 0 Å². The Morgan fingerprint density at radius 1 is 1.80 bits per heavy atom. The van der Waals surface area contributed by atoms with Crippen molar-refractivity contribution in [1.29, 1.82) is 0 Å². The molecule has 0 saturated carbocycles. The van der Waals surface area contributed by atoms with Crippen LogP contribution in [0.3, 0.4) is 0 Å². The third kappa shape index (κ3) is 1.66. The number of aliphatic imine (C=N–C) groups is 1. The molecule has 2 radical (unpaired) electrons. The van der Waals surface area contributed by atoms with Gasteiger partial charge in [0.15, 0.2) is 0 Å². The van der Waals surface area contributed by atoms with Crippen molar-refractivity contribution in [1.82, 2.24) is 5.32 Å². The van der Waals surface area contributed by atoms with Gasteiger partial charge in [-0.3, -0.25) is 4.99 Å². The molecule has 1 saturated heterocycles. The molecule has 0 aliphatic carbocycles. The number of nitrogens with one attached hydrogen (secondary N) is 1. The van der Waals surface area contributed by atoms with Gasteiger partial charge in [0.1, 0.15) is 7.05 Å². The molecule has 1 rings (SSSR count). The summed E-state index contributed by atoms with van der Waals surface area (Å²) in [6.07, 6.45) is 1.06. The molecule has 0 aromatic carbocycles. The topological polar surface area (TPSA) is 24.4 Å². The van der Waals surface area contributed by atoms with Crippen molar-refractivity contribution < 1.29 is 0 Å². The van der Waals surface area contributed by atoms with E-state index in [0.717, 1.165) is 18.8 Å². The van der Waals surface area contributed by atoms with Gasteiger partial charge in [0.25, 0.3) is 0 Å². The maximum Gasteiger partial charge on any atom is 0.101 e. The fourth-order valence-electron chi connectivity index (χ4n) is 1.17. The lowest BCUT2D eigenvalue weighted by Gasteiger charge is -2.26. The molecule has 10 heavy (non-hydrogen) atoms. The zero-order chi connectivity index (χ0) is 7.56. The van der Waals surface area contributed by atoms with Crippen molar-refractivity contribution in [3.63, 3.8) is 0 Å². The lowest BCUT2D eigenvalue weighted by Crippen LogP contribution is -2.41. The van der Waals surface area contributed by atoms with E-state index in [1.807, 2.05) is 0 Å². The molecule has 3 heteroatoms. The van der Waals surface area contributed by atoms with E-state index in [-0.39, 0.29) is 0 Å². The fourth-order valence-corrected chi connectivity index (χ4v) is 1.58. The lowest BCUT2D eigenvalue weighted by molar-refractivity contribution is 0.574. The first kappa shape index (κ1) is 7.92. The number of rotatable bonds is 0. The quantitative estimate of drug-likeness (QED) is 0.502. The largest absolute Gasteiger partial charge is 0.373 e. The second kappa shape index (κ2) is 3.28. The molecule has 1 heterocycles. The minimum atomic E-state index is 0.432. The van der Waals surface area contributed by atoms with E-state index in [1.165, 1.54) is 0 Å². The highest BCUT2D eigenvalue weighted by Crippen LogP contribution is 2.15. The Morgan fingerprint density at radius 2 is 2.50 bits per heavy atom. The highest BCUT2D eigenvalue weighted by Gasteiger charge is 2.19. The molecule has 2 nitrogen and oxygen atoms in total. The van der Waals surface area contributed by atoms with E-state index < -0.39 is 0 Å². The summed E-state index contributed by atoms with van der Waals surface area (Å²) in [5.41, 5.74) is 0. The summed E-state index contributed by atoms with van der Waals surface area (Å²) in [5.74, 6) is 1.34. The molecule has 2 atom stereocenters. The highest BCUT2D eigenvalue weighted by atomic mass is 32.1. The van der Waals surface area contributed by atoms with Crippen LogP contribution in [0.2, 0.25) is 0 Å². The average molecular weight is 156 g/mol. The zero-order valence-corrected chi connectivity index (χ0v) is 6.94. The third-order valence-corrected chi connectivity index (χ3v) is 2.14. The van der Waals surface area contributed by atoms with Gasteiger partial charge in [-0.15, -0.1) is 0 Å². The van der Waals surface area contributed by atoms with Gasteiger partial charge >= 0.3 is 0 Å². The number of hydrogen-bond acceptors (Lipinski definition) is 2. The van der Waals surface area contributed by atoms with Crippen LogP contribution in [0.15, 0.2) is 4.99 Å². The molecule has 56 valence electrons. The molecule has 1 aliphatic rings. The van der Waals surface area contributed by atoms with Crippen LogP contribution in [0, 0.1) is 13.0 Å². The molecule has 0 spiro atoms. The Balaban J connectivity index is 2.52. The molecule has 1 fully saturated rings. The second-order valence-electron chi connectivity index (χ2n) is 2.69. The minimum Gasteiger partial charge on any atom is -0.373 e. The molecule has 0 amide bonds. The molecule has 2 unspecified atom stereocenters. The normalized spacial score (nSPS) is 37.7. The predicted molar refractivity (Wildman–Crippen MR) is 46.3 cm³/mol. The maximum atomic E-state index is 5.14. The summed E-state index contributed by atoms with van der Waals surface area (Å²) in [5, 5.41) is 3.56. The van der Waals surface area contributed by atoms with Crippen molar-refractivity contribution >= 4 is 18.5 Å². The van der Waals surface area contributed by atoms with Gasteiger partial charge in [-0.25, -0.2) is 0 Å². The molecule has 0 aromatic rings. The number of piperidine rings is 1. The van der Waals surface area contributed by atoms with Crippen LogP contribution < -0.4 is 5.32 Å². The van der Waals surface area contributed by atoms with Gasteiger partial charge in [-0.2, -0.15) is 12.6 Å². The zero-order valence-electron chi connectivity index (χ0n) is 6.04. The summed E-state index contributed by atoms with van der Waals surface area (Å²) < 4.78 is 0. The van der Waals surface area contributed by atoms with E-state index in [4.69, 9.17) is 7.05 Å². The standard InChI is InChI=1S/C7H12N2S/c1-5-3-6(10)4-9-7(5)8-2/h2,5-6,9-10H,3-4H2,1H3. The molecule has 1 N–H and O–H groups in total. The van der Waals surface area contributed by atoms with Gasteiger partial charge in [-0.05, 0) is 6.42 Å². The van der Waals surface area contributed by atoms with Gasteiger partial charge in [-0.1, -0.05) is 6.92 Å². The van der Waals surface area contributed by atoms with E-state index in [0.29, 0.717) is 11.2 Å². The fraction of sp³-hybridized carbons (Fsp3) is 0.714. The summed E-state index contributed by atoms with van der Waals surface area (Å²) in [6, 6.07) is 0. The van der Waals surface area contributed by atoms with E-state index in [9.17, 15) is 0 Å². The Bertz CT molecular complexity index is 145. The van der Waals surface area contributed by atoms with Crippen molar-refractivity contribution in [2.24, 2.45) is 10.9 Å². The number of nitrogens with zero attached hydrogens (tertiary/aromatic N) is 1. The molecule has 0 bridgehead atoms. The van der Waals surface area contributed by atoms with Crippen molar-refractivity contribution in [3.8, 4) is 0 Å². The lowest BCUT2D eigenvalue weighted by atomic mass is 10.0. The maximum absolute atomic E-state index is 5.14. The number of thiol groups is 1. The van der Waals surface area contributed by atoms with Crippen molar-refractivity contribution in [2.45, 2.75) is 18.6 Å². The smallest absolute Gasteiger partial charge is 0.101 e. The summed E-state index contributed by atoms with van der Waals surface area (Å²) in [4.78, 5) is 3.63. The predicted octanol–water partition coefficient (Wildman–Crippen LogP) is 0.981. The van der Waals surface area contributed by atoms with Crippen LogP contribution in [0.25, 0.3) is 0 Å². The molecule has 0 aromatic heterocycles. The van der Waals surface area contributed by atoms with Gasteiger partial charge in [0, 0.05) is 17.7 Å². The number of amidine groups is 1. The summed E-state index contributed by atoms with van der Waals surface area (Å²) in [7, 11) is 5.14. The first-order valence-electron chi connectivity index (χ1n) is 3.43. The van der Waals surface area contributed by atoms with E-state index >= 15 is 0 Å². The Kier molecular flexibility index (Phi) is 2.60. The minimum absolute atomic E-state index is 0.432. The SMILES string of the molecule is [CH]/N=C1/NCC(S)CC1C. The second-order valence-corrected chi connectivity index (χ2v) is 3.42. The highest BCUT2D eigenvalue weighted by molar-refractivity contribution is 7.81. The third-order valence-electron chi connectivity index (χ3n) is 1.75. The number of hydrogen-bond donors (Lipinski definition) is 2. The Morgan fingerprint density at radius 3 is 3.00 bits per heavy atom. The van der Waals surface area contributed by atoms with Crippen molar-refractivity contribution in [3.05, 3.63) is 7.05 Å². The Labute approximate surface area is 67.5 Å². The van der Waals surface area contributed by atoms with Crippen molar-refractivity contribution in [2.75, 3.05) is 6.54 Å². The van der Waals surface area contributed by atoms with E-state index in [2.05, 4.69) is 29.9 Å². The van der Waals surface area contributed by atoms with E-state index in [1.54, 1.807) is 0 Å². The Hall–Kier alpha value is -0.180. The molecular weight excluding hydrogens is 144 g/mol. The van der Waals surface area contributed by atoms with Gasteiger partial charge < -0.3 is 5.32 Å². The summed E-state index contributed by atoms with van der Waals surface area (Å²) >= 11 is 4.34. The van der Waals surface area contributed by atoms with Crippen LogP contribution in [0.5, 0.6) is 0 Å². The van der Waals surface area contributed by atoms with Gasteiger partial charge in [0.2, 0.25) is 0 Å². The average Bonchev–Trinajstić information content (AvgIpc) is 1.88. The first-order valence-corrected chi connectivity index (χ1v) is 3.95. The van der Waals surface area contributed by atoms with Crippen LogP contribution in [-0.4, -0.2) is 17.6 Å². The van der Waals surface area contributed by atoms with Crippen LogP contribution in [0.4, 0.5) is 0 Å².